The second-order valence-electron chi connectivity index (χ2n) is 7.74. The Bertz CT molecular complexity index is 811. The van der Waals surface area contributed by atoms with Gasteiger partial charge in [-0.25, -0.2) is 4.79 Å². The summed E-state index contributed by atoms with van der Waals surface area (Å²) in [5.41, 5.74) is 0.691. The van der Waals surface area contributed by atoms with Crippen LogP contribution < -0.4 is 5.32 Å². The van der Waals surface area contributed by atoms with Crippen molar-refractivity contribution >= 4 is 23.7 Å². The molecular weight excluding hydrogens is 360 g/mol. The van der Waals surface area contributed by atoms with Gasteiger partial charge in [-0.2, -0.15) is 0 Å². The normalized spacial score (nSPS) is 18.2. The maximum Gasteiger partial charge on any atom is 0.338 e. The first kappa shape index (κ1) is 20.0. The molecule has 1 N–H and O–H groups in total. The van der Waals surface area contributed by atoms with Gasteiger partial charge in [0, 0.05) is 12.1 Å². The number of esters is 1. The van der Waals surface area contributed by atoms with Crippen LogP contribution in [0.15, 0.2) is 18.2 Å². The lowest BCUT2D eigenvalue weighted by Crippen LogP contribution is -2.40. The number of carbonyl (C=O) groups is 4. The van der Waals surface area contributed by atoms with Crippen molar-refractivity contribution in [2.45, 2.75) is 71.1 Å². The maximum atomic E-state index is 12.8. The second kappa shape index (κ2) is 8.12. The fourth-order valence-electron chi connectivity index (χ4n) is 3.74. The Morgan fingerprint density at radius 1 is 1.04 bits per heavy atom. The molecule has 1 aliphatic carbocycles. The zero-order chi connectivity index (χ0) is 20.4. The highest BCUT2D eigenvalue weighted by Gasteiger charge is 2.40. The van der Waals surface area contributed by atoms with Crippen LogP contribution in [0.5, 0.6) is 0 Å². The SMILES string of the molecule is CC(C)NC(=O)C(C)OC(=O)c1ccc2c(c1)C(=O)N(C1CCCCC1)C2=O. The zero-order valence-electron chi connectivity index (χ0n) is 16.5. The molecule has 7 nitrogen and oxygen atoms in total. The van der Waals surface area contributed by atoms with E-state index in [1.165, 1.54) is 30.0 Å². The lowest BCUT2D eigenvalue weighted by atomic mass is 9.94. The summed E-state index contributed by atoms with van der Waals surface area (Å²) in [7, 11) is 0. The van der Waals surface area contributed by atoms with Crippen LogP contribution in [-0.2, 0) is 9.53 Å². The number of carbonyl (C=O) groups excluding carboxylic acids is 4. The van der Waals surface area contributed by atoms with Gasteiger partial charge in [0.25, 0.3) is 17.7 Å². The molecule has 1 aromatic rings. The van der Waals surface area contributed by atoms with Crippen LogP contribution in [-0.4, -0.2) is 46.8 Å². The van der Waals surface area contributed by atoms with Crippen LogP contribution in [0.25, 0.3) is 0 Å². The third-order valence-electron chi connectivity index (χ3n) is 5.18. The van der Waals surface area contributed by atoms with Crippen molar-refractivity contribution in [3.8, 4) is 0 Å². The minimum atomic E-state index is -0.959. The van der Waals surface area contributed by atoms with Crippen molar-refractivity contribution in [2.24, 2.45) is 0 Å². The first-order valence-electron chi connectivity index (χ1n) is 9.83. The van der Waals surface area contributed by atoms with Gasteiger partial charge in [0.05, 0.1) is 16.7 Å². The number of benzene rings is 1. The molecule has 1 heterocycles. The van der Waals surface area contributed by atoms with Crippen molar-refractivity contribution in [1.29, 1.82) is 0 Å². The number of imide groups is 1. The number of amides is 3. The molecule has 1 aromatic carbocycles. The van der Waals surface area contributed by atoms with Crippen molar-refractivity contribution in [3.05, 3.63) is 34.9 Å². The minimum Gasteiger partial charge on any atom is -0.449 e. The van der Waals surface area contributed by atoms with E-state index < -0.39 is 12.1 Å². The van der Waals surface area contributed by atoms with Gasteiger partial charge in [-0.05, 0) is 51.8 Å². The molecule has 3 rings (SSSR count). The quantitative estimate of drug-likeness (QED) is 0.620. The molecule has 1 aliphatic heterocycles. The fraction of sp³-hybridized carbons (Fsp3) is 0.524. The van der Waals surface area contributed by atoms with E-state index >= 15 is 0 Å². The minimum absolute atomic E-state index is 0.0666. The number of nitrogens with one attached hydrogen (secondary N) is 1. The number of hydrogen-bond donors (Lipinski definition) is 1. The van der Waals surface area contributed by atoms with Gasteiger partial charge in [-0.3, -0.25) is 19.3 Å². The fourth-order valence-corrected chi connectivity index (χ4v) is 3.74. The summed E-state index contributed by atoms with van der Waals surface area (Å²) in [5.74, 6) is -1.74. The zero-order valence-corrected chi connectivity index (χ0v) is 16.5. The second-order valence-corrected chi connectivity index (χ2v) is 7.74. The summed E-state index contributed by atoms with van der Waals surface area (Å²) >= 11 is 0. The molecule has 1 fully saturated rings. The Kier molecular flexibility index (Phi) is 5.82. The van der Waals surface area contributed by atoms with Crippen LogP contribution in [0, 0.1) is 0 Å². The Hall–Kier alpha value is -2.70. The van der Waals surface area contributed by atoms with Gasteiger partial charge in [-0.15, -0.1) is 0 Å². The summed E-state index contributed by atoms with van der Waals surface area (Å²) < 4.78 is 5.20. The number of nitrogens with zero attached hydrogens (tertiary/aromatic N) is 1. The average molecular weight is 386 g/mol. The van der Waals surface area contributed by atoms with Crippen LogP contribution in [0.3, 0.4) is 0 Å². The van der Waals surface area contributed by atoms with Crippen LogP contribution >= 0.6 is 0 Å². The van der Waals surface area contributed by atoms with E-state index in [4.69, 9.17) is 4.74 Å². The Labute approximate surface area is 164 Å². The monoisotopic (exact) mass is 386 g/mol. The van der Waals surface area contributed by atoms with E-state index in [9.17, 15) is 19.2 Å². The molecule has 0 bridgehead atoms. The van der Waals surface area contributed by atoms with Gasteiger partial charge in [0.2, 0.25) is 0 Å². The first-order valence-corrected chi connectivity index (χ1v) is 9.83. The van der Waals surface area contributed by atoms with Crippen LogP contribution in [0.2, 0.25) is 0 Å². The molecule has 3 amide bonds. The van der Waals surface area contributed by atoms with Crippen molar-refractivity contribution < 1.29 is 23.9 Å². The molecule has 0 saturated heterocycles. The summed E-state index contributed by atoms with van der Waals surface area (Å²) in [6, 6.07) is 4.21. The molecule has 28 heavy (non-hydrogen) atoms. The van der Waals surface area contributed by atoms with E-state index in [0.29, 0.717) is 5.56 Å². The van der Waals surface area contributed by atoms with Gasteiger partial charge < -0.3 is 10.1 Å². The molecule has 2 aliphatic rings. The van der Waals surface area contributed by atoms with Crippen molar-refractivity contribution in [3.63, 3.8) is 0 Å². The molecule has 1 unspecified atom stereocenters. The van der Waals surface area contributed by atoms with E-state index in [0.717, 1.165) is 32.1 Å². The topological polar surface area (TPSA) is 92.8 Å². The van der Waals surface area contributed by atoms with Gasteiger partial charge in [0.15, 0.2) is 6.10 Å². The third kappa shape index (κ3) is 3.93. The lowest BCUT2D eigenvalue weighted by molar-refractivity contribution is -0.129. The first-order chi connectivity index (χ1) is 13.3. The van der Waals surface area contributed by atoms with Crippen LogP contribution in [0.1, 0.15) is 83.9 Å². The number of rotatable bonds is 5. The highest BCUT2D eigenvalue weighted by molar-refractivity contribution is 6.22. The Morgan fingerprint density at radius 2 is 1.68 bits per heavy atom. The molecule has 0 spiro atoms. The van der Waals surface area contributed by atoms with Crippen molar-refractivity contribution in [1.82, 2.24) is 10.2 Å². The summed E-state index contributed by atoms with van der Waals surface area (Å²) in [6.07, 6.45) is 3.82. The summed E-state index contributed by atoms with van der Waals surface area (Å²) in [5, 5.41) is 2.67. The summed E-state index contributed by atoms with van der Waals surface area (Å²) in [4.78, 5) is 51.2. The lowest BCUT2D eigenvalue weighted by Gasteiger charge is -2.29. The highest BCUT2D eigenvalue weighted by atomic mass is 16.5. The third-order valence-corrected chi connectivity index (χ3v) is 5.18. The number of ether oxygens (including phenoxy) is 1. The molecule has 0 aromatic heterocycles. The molecule has 150 valence electrons. The predicted molar refractivity (Wildman–Crippen MR) is 102 cm³/mol. The molecule has 1 atom stereocenters. The Morgan fingerprint density at radius 3 is 2.32 bits per heavy atom. The van der Waals surface area contributed by atoms with E-state index in [1.807, 2.05) is 13.8 Å². The van der Waals surface area contributed by atoms with E-state index in [1.54, 1.807) is 0 Å². The number of fused-ring (bicyclic) bond motifs is 1. The smallest absolute Gasteiger partial charge is 0.338 e. The van der Waals surface area contributed by atoms with Crippen LogP contribution in [0.4, 0.5) is 0 Å². The summed E-state index contributed by atoms with van der Waals surface area (Å²) in [6.45, 7) is 5.11. The van der Waals surface area contributed by atoms with Crippen molar-refractivity contribution in [2.75, 3.05) is 0 Å². The highest BCUT2D eigenvalue weighted by Crippen LogP contribution is 2.31. The predicted octanol–water partition coefficient (Wildman–Crippen LogP) is 2.69. The molecule has 1 saturated carbocycles. The van der Waals surface area contributed by atoms with E-state index in [2.05, 4.69) is 5.32 Å². The maximum absolute atomic E-state index is 12.8. The Balaban J connectivity index is 1.75. The number of hydrogen-bond acceptors (Lipinski definition) is 5. The standard InChI is InChI=1S/C21H26N2O5/c1-12(2)22-18(24)13(3)28-21(27)14-9-10-16-17(11-14)20(26)23(19(16)25)15-7-5-4-6-8-15/h9-13,15H,4-8H2,1-3H3,(H,22,24). The average Bonchev–Trinajstić information content (AvgIpc) is 2.92. The van der Waals surface area contributed by atoms with Gasteiger partial charge in [-0.1, -0.05) is 19.3 Å². The molecule has 0 radical (unpaired) electrons. The molecular formula is C21H26N2O5. The molecule has 7 heteroatoms. The van der Waals surface area contributed by atoms with Gasteiger partial charge in [0.1, 0.15) is 0 Å². The van der Waals surface area contributed by atoms with E-state index in [-0.39, 0.29) is 40.9 Å². The largest absolute Gasteiger partial charge is 0.449 e. The van der Waals surface area contributed by atoms with Gasteiger partial charge >= 0.3 is 5.97 Å².